The normalized spacial score (nSPS) is 11.0. The number of amides is 2. The summed E-state index contributed by atoms with van der Waals surface area (Å²) in [5.41, 5.74) is 4.37. The number of nitrogens with zero attached hydrogens (tertiary/aromatic N) is 1. The molecule has 0 bridgehead atoms. The average molecular weight is 237 g/mol. The van der Waals surface area contributed by atoms with Crippen LogP contribution in [0.15, 0.2) is 18.3 Å². The van der Waals surface area contributed by atoms with E-state index in [2.05, 4.69) is 10.3 Å². The van der Waals surface area contributed by atoms with E-state index >= 15 is 0 Å². The zero-order valence-electron chi connectivity index (χ0n) is 9.73. The Kier molecular flexibility index (Phi) is 3.80. The first-order chi connectivity index (χ1) is 7.79. The van der Waals surface area contributed by atoms with E-state index in [4.69, 9.17) is 5.73 Å². The van der Waals surface area contributed by atoms with Gasteiger partial charge in [-0.2, -0.15) is 0 Å². The zero-order chi connectivity index (χ0) is 13.1. The molecule has 17 heavy (non-hydrogen) atoms. The van der Waals surface area contributed by atoms with Crippen LogP contribution in [0.2, 0.25) is 0 Å². The van der Waals surface area contributed by atoms with E-state index in [0.717, 1.165) is 0 Å². The second-order valence-electron chi connectivity index (χ2n) is 4.29. The molecule has 2 amide bonds. The van der Waals surface area contributed by atoms with Crippen molar-refractivity contribution in [2.24, 2.45) is 5.73 Å². The van der Waals surface area contributed by atoms with E-state index in [-0.39, 0.29) is 17.8 Å². The van der Waals surface area contributed by atoms with Crippen molar-refractivity contribution < 1.29 is 14.7 Å². The van der Waals surface area contributed by atoms with Crippen LogP contribution in [-0.2, 0) is 0 Å². The molecule has 0 atom stereocenters. The summed E-state index contributed by atoms with van der Waals surface area (Å²) >= 11 is 0. The van der Waals surface area contributed by atoms with Crippen LogP contribution in [0.4, 0.5) is 0 Å². The summed E-state index contributed by atoms with van der Waals surface area (Å²) in [6.45, 7) is 3.27. The molecule has 0 aliphatic heterocycles. The molecule has 0 saturated heterocycles. The monoisotopic (exact) mass is 237 g/mol. The lowest BCUT2D eigenvalue weighted by atomic mass is 10.1. The third kappa shape index (κ3) is 4.20. The predicted octanol–water partition coefficient (Wildman–Crippen LogP) is -0.319. The molecule has 92 valence electrons. The van der Waals surface area contributed by atoms with Gasteiger partial charge < -0.3 is 16.2 Å². The Morgan fingerprint density at radius 2 is 2.18 bits per heavy atom. The third-order valence-electron chi connectivity index (χ3n) is 1.96. The van der Waals surface area contributed by atoms with Gasteiger partial charge in [0.15, 0.2) is 0 Å². The first-order valence-electron chi connectivity index (χ1n) is 5.06. The van der Waals surface area contributed by atoms with E-state index in [1.54, 1.807) is 13.8 Å². The van der Waals surface area contributed by atoms with E-state index in [1.165, 1.54) is 18.3 Å². The maximum Gasteiger partial charge on any atom is 0.267 e. The van der Waals surface area contributed by atoms with Gasteiger partial charge in [0.25, 0.3) is 11.8 Å². The molecule has 6 nitrogen and oxygen atoms in total. The fraction of sp³-hybridized carbons (Fsp3) is 0.364. The van der Waals surface area contributed by atoms with Crippen molar-refractivity contribution >= 4 is 11.8 Å². The van der Waals surface area contributed by atoms with Crippen molar-refractivity contribution in [1.29, 1.82) is 0 Å². The summed E-state index contributed by atoms with van der Waals surface area (Å²) in [5, 5.41) is 12.0. The number of hydrogen-bond acceptors (Lipinski definition) is 4. The van der Waals surface area contributed by atoms with Crippen LogP contribution in [0.5, 0.6) is 0 Å². The highest BCUT2D eigenvalue weighted by Crippen LogP contribution is 2.03. The number of carbonyl (C=O) groups excluding carboxylic acids is 2. The lowest BCUT2D eigenvalue weighted by Gasteiger charge is -2.17. The Labute approximate surface area is 98.8 Å². The minimum atomic E-state index is -0.991. The van der Waals surface area contributed by atoms with Gasteiger partial charge in [-0.25, -0.2) is 0 Å². The summed E-state index contributed by atoms with van der Waals surface area (Å²) < 4.78 is 0. The van der Waals surface area contributed by atoms with Crippen molar-refractivity contribution in [1.82, 2.24) is 10.3 Å². The Morgan fingerprint density at radius 3 is 2.71 bits per heavy atom. The molecule has 0 unspecified atom stereocenters. The van der Waals surface area contributed by atoms with E-state index in [1.807, 2.05) is 0 Å². The molecule has 0 spiro atoms. The summed E-state index contributed by atoms with van der Waals surface area (Å²) in [4.78, 5) is 26.3. The van der Waals surface area contributed by atoms with Gasteiger partial charge in [0.2, 0.25) is 0 Å². The molecular formula is C11H15N3O3. The van der Waals surface area contributed by atoms with Crippen LogP contribution < -0.4 is 11.1 Å². The van der Waals surface area contributed by atoms with Gasteiger partial charge in [0.1, 0.15) is 5.69 Å². The molecule has 0 aliphatic carbocycles. The number of rotatable bonds is 4. The standard InChI is InChI=1S/C11H15N3O3/c1-11(2,17)6-14-10(16)7-3-4-13-8(5-7)9(12)15/h3-5,17H,6H2,1-2H3,(H2,12,15)(H,14,16). The minimum Gasteiger partial charge on any atom is -0.389 e. The molecule has 1 aromatic rings. The van der Waals surface area contributed by atoms with Crippen LogP contribution in [0.1, 0.15) is 34.7 Å². The van der Waals surface area contributed by atoms with E-state index < -0.39 is 17.4 Å². The molecule has 0 radical (unpaired) electrons. The average Bonchev–Trinajstić information content (AvgIpc) is 2.25. The molecule has 6 heteroatoms. The smallest absolute Gasteiger partial charge is 0.267 e. The number of hydrogen-bond donors (Lipinski definition) is 3. The number of aromatic nitrogens is 1. The Morgan fingerprint density at radius 1 is 1.53 bits per heavy atom. The molecule has 0 aromatic carbocycles. The fourth-order valence-electron chi connectivity index (χ4n) is 1.11. The van der Waals surface area contributed by atoms with Gasteiger partial charge in [-0.1, -0.05) is 0 Å². The fourth-order valence-corrected chi connectivity index (χ4v) is 1.11. The van der Waals surface area contributed by atoms with Crippen molar-refractivity contribution in [2.75, 3.05) is 6.54 Å². The van der Waals surface area contributed by atoms with Crippen LogP contribution in [-0.4, -0.2) is 34.1 Å². The minimum absolute atomic E-state index is 0.0286. The second kappa shape index (κ2) is 4.92. The van der Waals surface area contributed by atoms with Gasteiger partial charge in [-0.15, -0.1) is 0 Å². The van der Waals surface area contributed by atoms with Crippen LogP contribution in [0, 0.1) is 0 Å². The van der Waals surface area contributed by atoms with Crippen LogP contribution in [0.25, 0.3) is 0 Å². The molecule has 1 aromatic heterocycles. The maximum absolute atomic E-state index is 11.7. The lowest BCUT2D eigenvalue weighted by Crippen LogP contribution is -2.38. The highest BCUT2D eigenvalue weighted by molar-refractivity contribution is 5.97. The van der Waals surface area contributed by atoms with Crippen molar-refractivity contribution in [2.45, 2.75) is 19.4 Å². The zero-order valence-corrected chi connectivity index (χ0v) is 9.73. The van der Waals surface area contributed by atoms with Gasteiger partial charge in [0, 0.05) is 18.3 Å². The lowest BCUT2D eigenvalue weighted by molar-refractivity contribution is 0.0694. The third-order valence-corrected chi connectivity index (χ3v) is 1.96. The number of pyridine rings is 1. The number of aliphatic hydroxyl groups is 1. The van der Waals surface area contributed by atoms with Crippen molar-refractivity contribution in [3.63, 3.8) is 0 Å². The Bertz CT molecular complexity index is 438. The summed E-state index contributed by atoms with van der Waals surface area (Å²) in [5.74, 6) is -1.08. The summed E-state index contributed by atoms with van der Waals surface area (Å²) in [7, 11) is 0. The van der Waals surface area contributed by atoms with Crippen LogP contribution in [0.3, 0.4) is 0 Å². The number of nitrogens with one attached hydrogen (secondary N) is 1. The molecule has 0 aliphatic rings. The highest BCUT2D eigenvalue weighted by atomic mass is 16.3. The summed E-state index contributed by atoms with van der Waals surface area (Å²) in [6, 6.07) is 2.77. The Hall–Kier alpha value is -1.95. The highest BCUT2D eigenvalue weighted by Gasteiger charge is 2.15. The Balaban J connectivity index is 2.76. The molecule has 0 fully saturated rings. The maximum atomic E-state index is 11.7. The van der Waals surface area contributed by atoms with Gasteiger partial charge in [-0.05, 0) is 26.0 Å². The van der Waals surface area contributed by atoms with Crippen molar-refractivity contribution in [3.05, 3.63) is 29.6 Å². The number of carbonyl (C=O) groups is 2. The molecule has 1 heterocycles. The number of primary amides is 1. The SMILES string of the molecule is CC(C)(O)CNC(=O)c1ccnc(C(N)=O)c1. The van der Waals surface area contributed by atoms with Gasteiger partial charge in [0.05, 0.1) is 5.60 Å². The molecule has 4 N–H and O–H groups in total. The predicted molar refractivity (Wildman–Crippen MR) is 61.4 cm³/mol. The molecule has 1 rings (SSSR count). The molecular weight excluding hydrogens is 222 g/mol. The van der Waals surface area contributed by atoms with E-state index in [9.17, 15) is 14.7 Å². The second-order valence-corrected chi connectivity index (χ2v) is 4.29. The molecule has 0 saturated carbocycles. The largest absolute Gasteiger partial charge is 0.389 e. The van der Waals surface area contributed by atoms with Crippen LogP contribution >= 0.6 is 0 Å². The number of nitrogens with two attached hydrogens (primary N) is 1. The van der Waals surface area contributed by atoms with Gasteiger partial charge in [-0.3, -0.25) is 14.6 Å². The first-order valence-corrected chi connectivity index (χ1v) is 5.06. The topological polar surface area (TPSA) is 105 Å². The van der Waals surface area contributed by atoms with E-state index in [0.29, 0.717) is 0 Å². The van der Waals surface area contributed by atoms with Crippen molar-refractivity contribution in [3.8, 4) is 0 Å². The summed E-state index contributed by atoms with van der Waals surface area (Å²) in [6.07, 6.45) is 1.33. The first kappa shape index (κ1) is 13.1. The van der Waals surface area contributed by atoms with Gasteiger partial charge >= 0.3 is 0 Å². The quantitative estimate of drug-likeness (QED) is 0.667.